The lowest BCUT2D eigenvalue weighted by molar-refractivity contribution is 0.189. The lowest BCUT2D eigenvalue weighted by Gasteiger charge is -2.33. The van der Waals surface area contributed by atoms with Gasteiger partial charge in [-0.2, -0.15) is 10.5 Å². The van der Waals surface area contributed by atoms with Crippen molar-refractivity contribution in [3.8, 4) is 12.1 Å². The second-order valence-electron chi connectivity index (χ2n) is 5.65. The Balaban J connectivity index is 1.80. The summed E-state index contributed by atoms with van der Waals surface area (Å²) in [4.78, 5) is 2.18. The van der Waals surface area contributed by atoms with E-state index in [1.807, 2.05) is 0 Å². The van der Waals surface area contributed by atoms with Gasteiger partial charge in [0.1, 0.15) is 4.21 Å². The Morgan fingerprint density at radius 3 is 2.70 bits per heavy atom. The first-order chi connectivity index (χ1) is 11.0. The molecule has 1 saturated heterocycles. The van der Waals surface area contributed by atoms with Crippen molar-refractivity contribution < 1.29 is 8.42 Å². The molecule has 1 aromatic rings. The highest BCUT2D eigenvalue weighted by Crippen LogP contribution is 2.19. The fourth-order valence-corrected chi connectivity index (χ4v) is 4.99. The van der Waals surface area contributed by atoms with Gasteiger partial charge in [-0.3, -0.25) is 0 Å². The van der Waals surface area contributed by atoms with Crippen LogP contribution in [0.3, 0.4) is 0 Å². The summed E-state index contributed by atoms with van der Waals surface area (Å²) in [5.74, 6) is -0.131. The first-order valence-electron chi connectivity index (χ1n) is 7.60. The van der Waals surface area contributed by atoms with Crippen LogP contribution in [-0.4, -0.2) is 39.0 Å². The van der Waals surface area contributed by atoms with Crippen LogP contribution in [0.2, 0.25) is 0 Å². The molecule has 0 radical (unpaired) electrons. The zero-order chi connectivity index (χ0) is 16.7. The third kappa shape index (κ3) is 5.29. The molecule has 1 atom stereocenters. The lowest BCUT2D eigenvalue weighted by Crippen LogP contribution is -2.45. The van der Waals surface area contributed by atoms with Crippen molar-refractivity contribution in [1.29, 1.82) is 10.5 Å². The van der Waals surface area contributed by atoms with Crippen molar-refractivity contribution in [3.05, 3.63) is 17.5 Å². The number of nitrogens with one attached hydrogen (secondary N) is 1. The van der Waals surface area contributed by atoms with E-state index < -0.39 is 10.0 Å². The minimum Gasteiger partial charge on any atom is -0.302 e. The molecular weight excluding hydrogens is 332 g/mol. The Bertz CT molecular complexity index is 665. The molecule has 0 amide bonds. The van der Waals surface area contributed by atoms with E-state index in [2.05, 4.69) is 21.8 Å². The molecule has 124 valence electrons. The van der Waals surface area contributed by atoms with Crippen LogP contribution in [0.25, 0.3) is 0 Å². The Morgan fingerprint density at radius 2 is 2.13 bits per heavy atom. The van der Waals surface area contributed by atoms with Gasteiger partial charge < -0.3 is 4.90 Å². The van der Waals surface area contributed by atoms with Gasteiger partial charge in [-0.05, 0) is 43.8 Å². The van der Waals surface area contributed by atoms with Crippen LogP contribution in [0.1, 0.15) is 25.7 Å². The number of nitrogens with zero attached hydrogens (tertiary/aromatic N) is 3. The molecular formula is C15H20N4O2S2. The SMILES string of the molecule is N#CCC[C@@H](C#N)CN1CCC(NS(=O)(=O)c2cccs2)CC1. The quantitative estimate of drug-likeness (QED) is 0.809. The van der Waals surface area contributed by atoms with E-state index in [1.54, 1.807) is 17.5 Å². The fourth-order valence-electron chi connectivity index (χ4n) is 2.67. The van der Waals surface area contributed by atoms with Gasteiger partial charge in [0.15, 0.2) is 0 Å². The molecule has 0 aliphatic carbocycles. The van der Waals surface area contributed by atoms with Gasteiger partial charge in [-0.1, -0.05) is 6.07 Å². The molecule has 6 nitrogen and oxygen atoms in total. The van der Waals surface area contributed by atoms with Crippen LogP contribution in [0.4, 0.5) is 0 Å². The maximum absolute atomic E-state index is 12.2. The summed E-state index contributed by atoms with van der Waals surface area (Å²) < 4.78 is 27.5. The van der Waals surface area contributed by atoms with E-state index in [0.29, 0.717) is 23.6 Å². The van der Waals surface area contributed by atoms with Crippen LogP contribution < -0.4 is 4.72 Å². The highest BCUT2D eigenvalue weighted by atomic mass is 32.2. The van der Waals surface area contributed by atoms with Crippen molar-refractivity contribution in [2.45, 2.75) is 35.9 Å². The normalized spacial score (nSPS) is 18.2. The third-order valence-corrected chi connectivity index (χ3v) is 6.85. The number of piperidine rings is 1. The minimum absolute atomic E-state index is 0.0574. The van der Waals surface area contributed by atoms with E-state index in [1.165, 1.54) is 11.3 Å². The number of hydrogen-bond acceptors (Lipinski definition) is 6. The first-order valence-corrected chi connectivity index (χ1v) is 9.96. The van der Waals surface area contributed by atoms with Gasteiger partial charge in [-0.15, -0.1) is 11.3 Å². The van der Waals surface area contributed by atoms with Gasteiger partial charge >= 0.3 is 0 Å². The second-order valence-corrected chi connectivity index (χ2v) is 8.54. The summed E-state index contributed by atoms with van der Waals surface area (Å²) in [6, 6.07) is 7.60. The van der Waals surface area contributed by atoms with Crippen LogP contribution in [0.15, 0.2) is 21.7 Å². The molecule has 0 aromatic carbocycles. The summed E-state index contributed by atoms with van der Waals surface area (Å²) in [7, 11) is -3.41. The zero-order valence-electron chi connectivity index (χ0n) is 12.8. The predicted molar refractivity (Wildman–Crippen MR) is 88.1 cm³/mol. The lowest BCUT2D eigenvalue weighted by atomic mass is 10.0. The van der Waals surface area contributed by atoms with Gasteiger partial charge in [0, 0.05) is 19.0 Å². The average molecular weight is 352 g/mol. The third-order valence-electron chi connectivity index (χ3n) is 3.94. The molecule has 0 saturated carbocycles. The molecule has 0 unspecified atom stereocenters. The summed E-state index contributed by atoms with van der Waals surface area (Å²) in [6.07, 6.45) is 2.47. The molecule has 8 heteroatoms. The van der Waals surface area contributed by atoms with Crippen molar-refractivity contribution >= 4 is 21.4 Å². The number of sulfonamides is 1. The number of likely N-dealkylation sites (tertiary alicyclic amines) is 1. The molecule has 1 aromatic heterocycles. The van der Waals surface area contributed by atoms with E-state index in [9.17, 15) is 8.42 Å². The van der Waals surface area contributed by atoms with Gasteiger partial charge in [0.05, 0.1) is 18.1 Å². The molecule has 0 bridgehead atoms. The minimum atomic E-state index is -3.41. The summed E-state index contributed by atoms with van der Waals surface area (Å²) >= 11 is 1.21. The van der Waals surface area contributed by atoms with Gasteiger partial charge in [0.2, 0.25) is 10.0 Å². The largest absolute Gasteiger partial charge is 0.302 e. The van der Waals surface area contributed by atoms with Crippen molar-refractivity contribution in [2.75, 3.05) is 19.6 Å². The number of rotatable bonds is 7. The number of nitriles is 2. The smallest absolute Gasteiger partial charge is 0.250 e. The summed E-state index contributed by atoms with van der Waals surface area (Å²) in [5.41, 5.74) is 0. The Kier molecular flexibility index (Phi) is 6.55. The summed E-state index contributed by atoms with van der Waals surface area (Å²) in [5, 5.41) is 19.5. The first kappa shape index (κ1) is 17.9. The highest BCUT2D eigenvalue weighted by molar-refractivity contribution is 7.91. The molecule has 1 fully saturated rings. The molecule has 0 spiro atoms. The zero-order valence-corrected chi connectivity index (χ0v) is 14.4. The maximum atomic E-state index is 12.2. The second kappa shape index (κ2) is 8.42. The van der Waals surface area contributed by atoms with Crippen molar-refractivity contribution in [2.24, 2.45) is 5.92 Å². The molecule has 2 heterocycles. The summed E-state index contributed by atoms with van der Waals surface area (Å²) in [6.45, 7) is 2.19. The molecule has 1 aliphatic rings. The van der Waals surface area contributed by atoms with Crippen LogP contribution in [-0.2, 0) is 10.0 Å². The Labute approximate surface area is 141 Å². The van der Waals surface area contributed by atoms with Crippen molar-refractivity contribution in [3.63, 3.8) is 0 Å². The van der Waals surface area contributed by atoms with E-state index in [0.717, 1.165) is 25.9 Å². The molecule has 1 N–H and O–H groups in total. The van der Waals surface area contributed by atoms with Crippen LogP contribution in [0, 0.1) is 28.6 Å². The average Bonchev–Trinajstić information content (AvgIpc) is 3.08. The Hall–Kier alpha value is -1.45. The van der Waals surface area contributed by atoms with Crippen LogP contribution in [0.5, 0.6) is 0 Å². The van der Waals surface area contributed by atoms with Crippen molar-refractivity contribution in [1.82, 2.24) is 9.62 Å². The molecule has 23 heavy (non-hydrogen) atoms. The highest BCUT2D eigenvalue weighted by Gasteiger charge is 2.26. The monoisotopic (exact) mass is 352 g/mol. The Morgan fingerprint density at radius 1 is 1.39 bits per heavy atom. The topological polar surface area (TPSA) is 97.0 Å². The predicted octanol–water partition coefficient (Wildman–Crippen LogP) is 1.93. The fraction of sp³-hybridized carbons (Fsp3) is 0.600. The van der Waals surface area contributed by atoms with Gasteiger partial charge in [-0.25, -0.2) is 13.1 Å². The maximum Gasteiger partial charge on any atom is 0.250 e. The van der Waals surface area contributed by atoms with E-state index >= 15 is 0 Å². The van der Waals surface area contributed by atoms with Crippen LogP contribution >= 0.6 is 11.3 Å². The number of thiophene rings is 1. The van der Waals surface area contributed by atoms with E-state index in [4.69, 9.17) is 10.5 Å². The molecule has 2 rings (SSSR count). The standard InChI is InChI=1S/C15H20N4O2S2/c16-7-1-3-13(11-17)12-19-8-5-14(6-9-19)18-23(20,21)15-4-2-10-22-15/h2,4,10,13-14,18H,1,3,5-6,8-9,12H2/t13-/m0/s1. The molecule has 1 aliphatic heterocycles. The van der Waals surface area contributed by atoms with Gasteiger partial charge in [0.25, 0.3) is 0 Å². The van der Waals surface area contributed by atoms with E-state index in [-0.39, 0.29) is 12.0 Å². The number of hydrogen-bond donors (Lipinski definition) is 1.